The lowest BCUT2D eigenvalue weighted by Gasteiger charge is -2.06. The first-order valence-electron chi connectivity index (χ1n) is 8.56. The molecule has 0 fully saturated rings. The predicted octanol–water partition coefficient (Wildman–Crippen LogP) is 4.41. The average Bonchev–Trinajstić information content (AvgIpc) is 3.31. The standard InChI is InChI=1S/C18H15F3N6OS/c1-9-10(2)22-16-24-17(25-27(16)11(9)3)29-8-14-23-15(26-28-14)12-5-4-6-13(7-12)18(19,20)21/h4-7H,8H2,1-3H3. The van der Waals surface area contributed by atoms with Crippen LogP contribution >= 0.6 is 11.8 Å². The highest BCUT2D eigenvalue weighted by atomic mass is 32.2. The monoisotopic (exact) mass is 420 g/mol. The smallest absolute Gasteiger partial charge is 0.338 e. The van der Waals surface area contributed by atoms with Crippen LogP contribution in [-0.2, 0) is 11.9 Å². The van der Waals surface area contributed by atoms with Gasteiger partial charge in [-0.2, -0.15) is 23.1 Å². The van der Waals surface area contributed by atoms with Gasteiger partial charge in [-0.1, -0.05) is 29.1 Å². The Balaban J connectivity index is 1.52. The second-order valence-corrected chi connectivity index (χ2v) is 7.34. The van der Waals surface area contributed by atoms with Crippen molar-refractivity contribution in [3.63, 3.8) is 0 Å². The van der Waals surface area contributed by atoms with E-state index in [9.17, 15) is 13.2 Å². The average molecular weight is 420 g/mol. The molecule has 7 nitrogen and oxygen atoms in total. The van der Waals surface area contributed by atoms with E-state index in [0.717, 1.165) is 29.1 Å². The molecule has 0 spiro atoms. The Morgan fingerprint density at radius 3 is 2.66 bits per heavy atom. The SMILES string of the molecule is Cc1nc2nc(SCc3nc(-c4cccc(C(F)(F)F)c4)no3)nn2c(C)c1C. The second-order valence-electron chi connectivity index (χ2n) is 6.39. The van der Waals surface area contributed by atoms with Crippen molar-refractivity contribution in [1.29, 1.82) is 0 Å². The minimum Gasteiger partial charge on any atom is -0.338 e. The van der Waals surface area contributed by atoms with Gasteiger partial charge in [0, 0.05) is 17.0 Å². The molecule has 4 aromatic rings. The summed E-state index contributed by atoms with van der Waals surface area (Å²) in [5, 5.41) is 8.69. The highest BCUT2D eigenvalue weighted by molar-refractivity contribution is 7.98. The van der Waals surface area contributed by atoms with Gasteiger partial charge in [-0.3, -0.25) is 0 Å². The fourth-order valence-corrected chi connectivity index (χ4v) is 3.35. The van der Waals surface area contributed by atoms with Gasteiger partial charge < -0.3 is 4.52 Å². The van der Waals surface area contributed by atoms with Gasteiger partial charge in [-0.15, -0.1) is 5.10 Å². The quantitative estimate of drug-likeness (QED) is 0.452. The number of benzene rings is 1. The van der Waals surface area contributed by atoms with E-state index in [1.54, 1.807) is 4.52 Å². The van der Waals surface area contributed by atoms with E-state index in [0.29, 0.717) is 10.9 Å². The summed E-state index contributed by atoms with van der Waals surface area (Å²) in [7, 11) is 0. The molecule has 29 heavy (non-hydrogen) atoms. The number of nitrogens with zero attached hydrogens (tertiary/aromatic N) is 6. The third-order valence-electron chi connectivity index (χ3n) is 4.48. The number of aryl methyl sites for hydroxylation is 2. The Morgan fingerprint density at radius 1 is 1.10 bits per heavy atom. The van der Waals surface area contributed by atoms with Crippen LogP contribution < -0.4 is 0 Å². The molecule has 0 unspecified atom stereocenters. The molecule has 0 amide bonds. The van der Waals surface area contributed by atoms with Crippen LogP contribution in [0.2, 0.25) is 0 Å². The summed E-state index contributed by atoms with van der Waals surface area (Å²) >= 11 is 1.28. The number of rotatable bonds is 4. The topological polar surface area (TPSA) is 82.0 Å². The maximum Gasteiger partial charge on any atom is 0.416 e. The molecule has 0 saturated carbocycles. The first kappa shape index (κ1) is 19.4. The van der Waals surface area contributed by atoms with Crippen LogP contribution in [0.25, 0.3) is 17.2 Å². The van der Waals surface area contributed by atoms with Crippen molar-refractivity contribution in [3.05, 3.63) is 52.7 Å². The highest BCUT2D eigenvalue weighted by Gasteiger charge is 2.30. The zero-order valence-electron chi connectivity index (χ0n) is 15.7. The fraction of sp³-hybridized carbons (Fsp3) is 0.278. The van der Waals surface area contributed by atoms with Crippen molar-refractivity contribution in [1.82, 2.24) is 29.7 Å². The highest BCUT2D eigenvalue weighted by Crippen LogP contribution is 2.31. The van der Waals surface area contributed by atoms with E-state index in [1.807, 2.05) is 20.8 Å². The molecular formula is C18H15F3N6OS. The maximum absolute atomic E-state index is 12.9. The number of thioether (sulfide) groups is 1. The summed E-state index contributed by atoms with van der Waals surface area (Å²) in [6, 6.07) is 4.79. The summed E-state index contributed by atoms with van der Waals surface area (Å²) < 4.78 is 45.5. The molecule has 0 radical (unpaired) electrons. The molecule has 0 saturated heterocycles. The minimum absolute atomic E-state index is 0.0958. The summed E-state index contributed by atoms with van der Waals surface area (Å²) in [4.78, 5) is 13.0. The Morgan fingerprint density at radius 2 is 1.90 bits per heavy atom. The summed E-state index contributed by atoms with van der Waals surface area (Å²) in [5.41, 5.74) is 2.36. The van der Waals surface area contributed by atoms with E-state index in [2.05, 4.69) is 25.2 Å². The molecule has 0 N–H and O–H groups in total. The second kappa shape index (κ2) is 7.14. The van der Waals surface area contributed by atoms with Gasteiger partial charge in [0.25, 0.3) is 5.78 Å². The third-order valence-corrected chi connectivity index (χ3v) is 5.30. The van der Waals surface area contributed by atoms with Gasteiger partial charge in [0.1, 0.15) is 0 Å². The molecule has 1 aromatic carbocycles. The first-order valence-corrected chi connectivity index (χ1v) is 9.54. The third kappa shape index (κ3) is 3.82. The zero-order chi connectivity index (χ0) is 20.8. The van der Waals surface area contributed by atoms with Gasteiger partial charge in [-0.25, -0.2) is 9.50 Å². The van der Waals surface area contributed by atoms with E-state index in [1.165, 1.54) is 23.9 Å². The molecule has 3 heterocycles. The van der Waals surface area contributed by atoms with Crippen LogP contribution in [0, 0.1) is 20.8 Å². The fourth-order valence-electron chi connectivity index (χ4n) is 2.69. The summed E-state index contributed by atoms with van der Waals surface area (Å²) in [6.07, 6.45) is -4.43. The molecule has 11 heteroatoms. The van der Waals surface area contributed by atoms with Gasteiger partial charge in [0.2, 0.25) is 16.9 Å². The normalized spacial score (nSPS) is 12.1. The van der Waals surface area contributed by atoms with Crippen LogP contribution in [0.4, 0.5) is 13.2 Å². The zero-order valence-corrected chi connectivity index (χ0v) is 16.5. The van der Waals surface area contributed by atoms with Crippen LogP contribution in [0.1, 0.15) is 28.4 Å². The van der Waals surface area contributed by atoms with E-state index >= 15 is 0 Å². The molecule has 150 valence electrons. The Bertz CT molecular complexity index is 1200. The number of hydrogen-bond acceptors (Lipinski definition) is 7. The van der Waals surface area contributed by atoms with Crippen molar-refractivity contribution >= 4 is 17.5 Å². The van der Waals surface area contributed by atoms with Crippen LogP contribution in [0.5, 0.6) is 0 Å². The lowest BCUT2D eigenvalue weighted by atomic mass is 10.1. The van der Waals surface area contributed by atoms with Gasteiger partial charge in [-0.05, 0) is 38.5 Å². The van der Waals surface area contributed by atoms with Crippen LogP contribution in [-0.4, -0.2) is 29.7 Å². The number of fused-ring (bicyclic) bond motifs is 1. The lowest BCUT2D eigenvalue weighted by Crippen LogP contribution is -2.04. The molecule has 0 aliphatic carbocycles. The van der Waals surface area contributed by atoms with Gasteiger partial charge >= 0.3 is 6.18 Å². The van der Waals surface area contributed by atoms with Crippen LogP contribution in [0.3, 0.4) is 0 Å². The lowest BCUT2D eigenvalue weighted by molar-refractivity contribution is -0.137. The first-order chi connectivity index (χ1) is 13.7. The Hall–Kier alpha value is -2.95. The Kier molecular flexibility index (Phi) is 4.77. The molecule has 4 rings (SSSR count). The summed E-state index contributed by atoms with van der Waals surface area (Å²) in [5.74, 6) is 1.14. The van der Waals surface area contributed by atoms with Crippen molar-refractivity contribution in [2.75, 3.05) is 0 Å². The van der Waals surface area contributed by atoms with Crippen molar-refractivity contribution in [2.45, 2.75) is 37.9 Å². The molecule has 3 aromatic heterocycles. The largest absolute Gasteiger partial charge is 0.416 e. The van der Waals surface area contributed by atoms with Gasteiger partial charge in [0.15, 0.2) is 0 Å². The van der Waals surface area contributed by atoms with E-state index < -0.39 is 11.7 Å². The number of alkyl halides is 3. The molecular weight excluding hydrogens is 405 g/mol. The summed E-state index contributed by atoms with van der Waals surface area (Å²) in [6.45, 7) is 5.83. The number of aromatic nitrogens is 6. The molecule has 0 aliphatic rings. The predicted molar refractivity (Wildman–Crippen MR) is 99.3 cm³/mol. The molecule has 0 bridgehead atoms. The number of hydrogen-bond donors (Lipinski definition) is 0. The van der Waals surface area contributed by atoms with Crippen molar-refractivity contribution in [2.24, 2.45) is 0 Å². The van der Waals surface area contributed by atoms with Crippen molar-refractivity contribution < 1.29 is 17.7 Å². The van der Waals surface area contributed by atoms with E-state index in [4.69, 9.17) is 4.52 Å². The van der Waals surface area contributed by atoms with Crippen molar-refractivity contribution in [3.8, 4) is 11.4 Å². The molecule has 0 aliphatic heterocycles. The maximum atomic E-state index is 12.9. The molecule has 0 atom stereocenters. The van der Waals surface area contributed by atoms with E-state index in [-0.39, 0.29) is 23.0 Å². The Labute approximate surface area is 167 Å². The van der Waals surface area contributed by atoms with Crippen LogP contribution in [0.15, 0.2) is 33.9 Å². The number of halogens is 3. The van der Waals surface area contributed by atoms with Gasteiger partial charge in [0.05, 0.1) is 11.3 Å². The minimum atomic E-state index is -4.43.